The minimum atomic E-state index is -4.49. The van der Waals surface area contributed by atoms with Gasteiger partial charge in [-0.25, -0.2) is 4.79 Å². The van der Waals surface area contributed by atoms with E-state index in [-0.39, 0.29) is 18.4 Å². The second kappa shape index (κ2) is 8.51. The molecule has 0 radical (unpaired) electrons. The fourth-order valence-electron chi connectivity index (χ4n) is 4.06. The van der Waals surface area contributed by atoms with Crippen molar-refractivity contribution in [1.82, 2.24) is 15.2 Å². The number of alkyl halides is 3. The molecule has 1 aliphatic carbocycles. The number of fused-ring (bicyclic) bond motifs is 1. The molecule has 6 nitrogen and oxygen atoms in total. The van der Waals surface area contributed by atoms with Crippen LogP contribution in [0.15, 0.2) is 24.4 Å². The van der Waals surface area contributed by atoms with Gasteiger partial charge in [0, 0.05) is 31.4 Å². The molecule has 9 heteroatoms. The first-order valence-corrected chi connectivity index (χ1v) is 10.4. The van der Waals surface area contributed by atoms with Crippen LogP contribution in [-0.4, -0.2) is 40.1 Å². The predicted octanol–water partition coefficient (Wildman–Crippen LogP) is 4.09. The summed E-state index contributed by atoms with van der Waals surface area (Å²) < 4.78 is 44.5. The normalized spacial score (nSPS) is 23.5. The van der Waals surface area contributed by atoms with Gasteiger partial charge in [0.15, 0.2) is 0 Å². The average molecular weight is 439 g/mol. The molecule has 170 valence electrons. The molecule has 0 saturated carbocycles. The molecule has 0 bridgehead atoms. The molecule has 1 aromatic rings. The summed E-state index contributed by atoms with van der Waals surface area (Å²) in [5, 5.41) is 2.76. The fraction of sp³-hybridized carbons (Fsp3) is 0.591. The van der Waals surface area contributed by atoms with Crippen molar-refractivity contribution in [2.45, 2.75) is 64.9 Å². The minimum absolute atomic E-state index is 0.0666. The summed E-state index contributed by atoms with van der Waals surface area (Å²) in [6.45, 7) is 7.65. The Bertz CT molecular complexity index is 877. The van der Waals surface area contributed by atoms with E-state index in [1.165, 1.54) is 0 Å². The van der Waals surface area contributed by atoms with Crippen molar-refractivity contribution >= 4 is 12.0 Å². The zero-order valence-electron chi connectivity index (χ0n) is 18.1. The highest BCUT2D eigenvalue weighted by Gasteiger charge is 2.41. The number of pyridine rings is 1. The Balaban J connectivity index is 1.76. The molecule has 2 aliphatic rings. The molecular formula is C22H28F3N3O3. The lowest BCUT2D eigenvalue weighted by Gasteiger charge is -2.34. The largest absolute Gasteiger partial charge is 0.444 e. The molecule has 0 fully saturated rings. The molecule has 0 spiro atoms. The summed E-state index contributed by atoms with van der Waals surface area (Å²) in [7, 11) is 0. The van der Waals surface area contributed by atoms with Gasteiger partial charge in [0.1, 0.15) is 5.60 Å². The molecule has 3 atom stereocenters. The minimum Gasteiger partial charge on any atom is -0.444 e. The Morgan fingerprint density at radius 3 is 2.58 bits per heavy atom. The molecule has 1 aromatic heterocycles. The summed E-state index contributed by atoms with van der Waals surface area (Å²) in [5.41, 5.74) is -0.503. The van der Waals surface area contributed by atoms with Crippen molar-refractivity contribution in [3.05, 3.63) is 41.2 Å². The monoisotopic (exact) mass is 439 g/mol. The zero-order chi connectivity index (χ0) is 23.0. The first-order valence-electron chi connectivity index (χ1n) is 10.4. The molecule has 1 aliphatic heterocycles. The fourth-order valence-corrected chi connectivity index (χ4v) is 4.06. The van der Waals surface area contributed by atoms with Crippen LogP contribution in [0.2, 0.25) is 0 Å². The van der Waals surface area contributed by atoms with Crippen LogP contribution in [0.5, 0.6) is 0 Å². The third-order valence-corrected chi connectivity index (χ3v) is 5.53. The highest BCUT2D eigenvalue weighted by molar-refractivity contribution is 5.82. The van der Waals surface area contributed by atoms with Crippen molar-refractivity contribution in [3.63, 3.8) is 0 Å². The van der Waals surface area contributed by atoms with Crippen LogP contribution in [0.4, 0.5) is 18.0 Å². The molecule has 0 aromatic carbocycles. The highest BCUT2D eigenvalue weighted by Crippen LogP contribution is 2.34. The van der Waals surface area contributed by atoms with Crippen LogP contribution in [-0.2, 0) is 28.7 Å². The summed E-state index contributed by atoms with van der Waals surface area (Å²) in [4.78, 5) is 31.1. The van der Waals surface area contributed by atoms with Crippen molar-refractivity contribution in [3.8, 4) is 0 Å². The molecule has 2 heterocycles. The third-order valence-electron chi connectivity index (χ3n) is 5.53. The number of ether oxygens (including phenoxy) is 1. The first-order chi connectivity index (χ1) is 14.4. The van der Waals surface area contributed by atoms with E-state index >= 15 is 0 Å². The van der Waals surface area contributed by atoms with Gasteiger partial charge in [0.2, 0.25) is 5.91 Å². The van der Waals surface area contributed by atoms with Gasteiger partial charge in [0.05, 0.1) is 17.5 Å². The van der Waals surface area contributed by atoms with Gasteiger partial charge in [-0.15, -0.1) is 0 Å². The van der Waals surface area contributed by atoms with Crippen LogP contribution in [0, 0.1) is 11.8 Å². The van der Waals surface area contributed by atoms with E-state index in [1.54, 1.807) is 31.7 Å². The third kappa shape index (κ3) is 5.37. The lowest BCUT2D eigenvalue weighted by Crippen LogP contribution is -2.49. The van der Waals surface area contributed by atoms with E-state index in [4.69, 9.17) is 4.74 Å². The summed E-state index contributed by atoms with van der Waals surface area (Å²) in [6, 6.07) is 0.538. The maximum Gasteiger partial charge on any atom is 0.417 e. The maximum absolute atomic E-state index is 13.4. The smallest absolute Gasteiger partial charge is 0.417 e. The Kier molecular flexibility index (Phi) is 6.34. The molecule has 0 unspecified atom stereocenters. The number of carbonyl (C=O) groups excluding carboxylic acids is 2. The Morgan fingerprint density at radius 1 is 1.26 bits per heavy atom. The van der Waals surface area contributed by atoms with E-state index < -0.39 is 35.4 Å². The summed E-state index contributed by atoms with van der Waals surface area (Å²) in [5.74, 6) is -0.799. The van der Waals surface area contributed by atoms with Gasteiger partial charge in [-0.05, 0) is 44.7 Å². The average Bonchev–Trinajstić information content (AvgIpc) is 3.06. The van der Waals surface area contributed by atoms with Crippen molar-refractivity contribution in [1.29, 1.82) is 0 Å². The highest BCUT2D eigenvalue weighted by atomic mass is 19.4. The Morgan fingerprint density at radius 2 is 1.97 bits per heavy atom. The Labute approximate surface area is 179 Å². The van der Waals surface area contributed by atoms with Crippen LogP contribution < -0.4 is 5.32 Å². The van der Waals surface area contributed by atoms with E-state index in [0.717, 1.165) is 12.3 Å². The van der Waals surface area contributed by atoms with E-state index in [2.05, 4.69) is 10.3 Å². The van der Waals surface area contributed by atoms with Gasteiger partial charge >= 0.3 is 12.3 Å². The van der Waals surface area contributed by atoms with Gasteiger partial charge < -0.3 is 15.0 Å². The molecule has 3 rings (SSSR count). The molecule has 0 saturated heterocycles. The predicted molar refractivity (Wildman–Crippen MR) is 108 cm³/mol. The van der Waals surface area contributed by atoms with Gasteiger partial charge in [0.25, 0.3) is 0 Å². The van der Waals surface area contributed by atoms with Gasteiger partial charge in [-0.3, -0.25) is 9.78 Å². The number of nitrogens with one attached hydrogen (secondary N) is 1. The van der Waals surface area contributed by atoms with E-state index in [0.29, 0.717) is 30.6 Å². The van der Waals surface area contributed by atoms with Crippen molar-refractivity contribution in [2.24, 2.45) is 11.8 Å². The number of carbonyl (C=O) groups is 2. The maximum atomic E-state index is 13.4. The topological polar surface area (TPSA) is 71.5 Å². The van der Waals surface area contributed by atoms with E-state index in [9.17, 15) is 22.8 Å². The standard InChI is InChI=1S/C22H28F3N3O3/c1-5-13-6-7-17(27-20(30)31-21(2,3)4)18(13)19(29)28-9-8-16-14(12-28)10-15(11-26-16)22(23,24)25/h6-7,10-11,13,17-18H,5,8-9,12H2,1-4H3,(H,27,30)/t13-,17-,18+/m1/s1. The number of allylic oxidation sites excluding steroid dienone is 1. The lowest BCUT2D eigenvalue weighted by atomic mass is 9.88. The van der Waals surface area contributed by atoms with E-state index in [1.807, 2.05) is 13.0 Å². The number of aromatic nitrogens is 1. The number of nitrogens with zero attached hydrogens (tertiary/aromatic N) is 2. The number of hydrogen-bond acceptors (Lipinski definition) is 4. The first kappa shape index (κ1) is 23.1. The van der Waals surface area contributed by atoms with Gasteiger partial charge in [-0.1, -0.05) is 19.1 Å². The van der Waals surface area contributed by atoms with Crippen LogP contribution in [0.3, 0.4) is 0 Å². The lowest BCUT2D eigenvalue weighted by molar-refractivity contribution is -0.138. The summed E-state index contributed by atoms with van der Waals surface area (Å²) in [6.07, 6.45) is 0.530. The second-order valence-electron chi connectivity index (χ2n) is 8.99. The molecule has 1 N–H and O–H groups in total. The molecule has 2 amide bonds. The zero-order valence-corrected chi connectivity index (χ0v) is 18.1. The number of amides is 2. The number of hydrogen-bond donors (Lipinski definition) is 1. The van der Waals surface area contributed by atoms with Crippen molar-refractivity contribution in [2.75, 3.05) is 6.54 Å². The SMILES string of the molecule is CC[C@@H]1C=C[C@@H](NC(=O)OC(C)(C)C)[C@H]1C(=O)N1CCc2ncc(C(F)(F)F)cc2C1. The Hall–Kier alpha value is -2.58. The number of rotatable bonds is 3. The molecular weight excluding hydrogens is 411 g/mol. The van der Waals surface area contributed by atoms with Crippen LogP contribution in [0.1, 0.15) is 50.9 Å². The van der Waals surface area contributed by atoms with Crippen LogP contribution >= 0.6 is 0 Å². The quantitative estimate of drug-likeness (QED) is 0.720. The van der Waals surface area contributed by atoms with Gasteiger partial charge in [-0.2, -0.15) is 13.2 Å². The summed E-state index contributed by atoms with van der Waals surface area (Å²) >= 11 is 0. The number of alkyl carbamates (subject to hydrolysis) is 1. The molecule has 31 heavy (non-hydrogen) atoms. The number of halogens is 3. The van der Waals surface area contributed by atoms with Crippen LogP contribution in [0.25, 0.3) is 0 Å². The second-order valence-corrected chi connectivity index (χ2v) is 8.99. The van der Waals surface area contributed by atoms with Crippen molar-refractivity contribution < 1.29 is 27.5 Å².